The van der Waals surface area contributed by atoms with Crippen molar-refractivity contribution < 1.29 is 9.47 Å². The highest BCUT2D eigenvalue weighted by Crippen LogP contribution is 2.47. The monoisotopic (exact) mass is 684 g/mol. The number of hydrogen-bond donors (Lipinski definition) is 2. The predicted molar refractivity (Wildman–Crippen MR) is 218 cm³/mol. The molecule has 4 heteroatoms. The molecule has 0 atom stereocenters. The summed E-state index contributed by atoms with van der Waals surface area (Å²) in [5.74, 6) is 2.98. The van der Waals surface area contributed by atoms with E-state index < -0.39 is 0 Å². The lowest BCUT2D eigenvalue weighted by molar-refractivity contribution is 0.484. The molecule has 0 spiro atoms. The first-order chi connectivity index (χ1) is 26.1. The lowest BCUT2D eigenvalue weighted by Crippen LogP contribution is -1.94. The van der Waals surface area contributed by atoms with Crippen molar-refractivity contribution in [2.75, 3.05) is 11.5 Å². The standard InChI is InChI=1S/C49H36N2O2/c50-37-10-7-12-39(30-37)52-47-17-5-3-15-42(47)32-19-21-34(22-20-32)44-27-28-45-41-14-2-1-9-36(41)29-46(45)49(44)35-25-23-33(24-26-35)43-16-4-6-18-48(43)53-40-13-8-11-38(51)31-40/h1-28,30-31H,29,50-51H2. The minimum Gasteiger partial charge on any atom is -0.457 e. The van der Waals surface area contributed by atoms with E-state index >= 15 is 0 Å². The van der Waals surface area contributed by atoms with Crippen LogP contribution in [0.15, 0.2) is 182 Å². The van der Waals surface area contributed by atoms with Crippen molar-refractivity contribution in [3.05, 3.63) is 193 Å². The quantitative estimate of drug-likeness (QED) is 0.156. The average molecular weight is 685 g/mol. The Labute approximate surface area is 309 Å². The number of fused-ring (bicyclic) bond motifs is 3. The second kappa shape index (κ2) is 13.6. The third kappa shape index (κ3) is 6.28. The van der Waals surface area contributed by atoms with Gasteiger partial charge in [-0.1, -0.05) is 133 Å². The summed E-state index contributed by atoms with van der Waals surface area (Å²) in [7, 11) is 0. The minimum atomic E-state index is 0.667. The second-order valence-corrected chi connectivity index (χ2v) is 13.3. The van der Waals surface area contributed by atoms with Crippen molar-refractivity contribution in [3.8, 4) is 78.6 Å². The van der Waals surface area contributed by atoms with Gasteiger partial charge in [0.05, 0.1) is 0 Å². The summed E-state index contributed by atoms with van der Waals surface area (Å²) >= 11 is 0. The molecule has 0 unspecified atom stereocenters. The van der Waals surface area contributed by atoms with Crippen molar-refractivity contribution >= 4 is 11.4 Å². The molecule has 53 heavy (non-hydrogen) atoms. The van der Waals surface area contributed by atoms with E-state index in [9.17, 15) is 0 Å². The number of benzene rings is 8. The average Bonchev–Trinajstić information content (AvgIpc) is 3.57. The van der Waals surface area contributed by atoms with Crippen molar-refractivity contribution in [2.24, 2.45) is 0 Å². The largest absolute Gasteiger partial charge is 0.457 e. The van der Waals surface area contributed by atoms with Crippen LogP contribution in [0.25, 0.3) is 55.6 Å². The molecule has 0 heterocycles. The van der Waals surface area contributed by atoms with Crippen LogP contribution in [0.5, 0.6) is 23.0 Å². The number of para-hydroxylation sites is 2. The van der Waals surface area contributed by atoms with Crippen LogP contribution in [0, 0.1) is 0 Å². The molecule has 0 aliphatic heterocycles. The maximum atomic E-state index is 6.32. The van der Waals surface area contributed by atoms with Gasteiger partial charge >= 0.3 is 0 Å². The van der Waals surface area contributed by atoms with E-state index in [0.29, 0.717) is 22.9 Å². The van der Waals surface area contributed by atoms with E-state index in [0.717, 1.165) is 45.7 Å². The van der Waals surface area contributed by atoms with Crippen LogP contribution in [0.1, 0.15) is 11.1 Å². The summed E-state index contributed by atoms with van der Waals surface area (Å²) in [4.78, 5) is 0. The number of nitrogens with two attached hydrogens (primary N) is 2. The van der Waals surface area contributed by atoms with Gasteiger partial charge in [-0.25, -0.2) is 0 Å². The number of hydrogen-bond acceptors (Lipinski definition) is 4. The number of anilines is 2. The first-order valence-electron chi connectivity index (χ1n) is 17.8. The Bertz CT molecular complexity index is 2610. The zero-order chi connectivity index (χ0) is 35.7. The van der Waals surface area contributed by atoms with Crippen LogP contribution in [-0.4, -0.2) is 0 Å². The Hall–Kier alpha value is -7.04. The highest BCUT2D eigenvalue weighted by Gasteiger charge is 2.24. The minimum absolute atomic E-state index is 0.667. The summed E-state index contributed by atoms with van der Waals surface area (Å²) in [6, 6.07) is 62.3. The molecule has 4 nitrogen and oxygen atoms in total. The molecular formula is C49H36N2O2. The Morgan fingerprint density at radius 2 is 0.811 bits per heavy atom. The zero-order valence-electron chi connectivity index (χ0n) is 29.0. The third-order valence-corrected chi connectivity index (χ3v) is 9.93. The lowest BCUT2D eigenvalue weighted by atomic mass is 9.87. The molecule has 1 aliphatic rings. The molecule has 8 aromatic carbocycles. The topological polar surface area (TPSA) is 70.5 Å². The third-order valence-electron chi connectivity index (χ3n) is 9.93. The van der Waals surface area contributed by atoms with E-state index in [-0.39, 0.29) is 0 Å². The fraction of sp³-hybridized carbons (Fsp3) is 0.0204. The predicted octanol–water partition coefficient (Wildman–Crippen LogP) is 12.7. The Balaban J connectivity index is 1.09. The Morgan fingerprint density at radius 3 is 1.36 bits per heavy atom. The lowest BCUT2D eigenvalue weighted by Gasteiger charge is -2.18. The van der Waals surface area contributed by atoms with Crippen LogP contribution in [0.4, 0.5) is 11.4 Å². The summed E-state index contributed by atoms with van der Waals surface area (Å²) in [6.07, 6.45) is 0.889. The first-order valence-corrected chi connectivity index (χ1v) is 17.8. The molecule has 9 rings (SSSR count). The molecule has 1 aliphatic carbocycles. The van der Waals surface area contributed by atoms with Crippen molar-refractivity contribution in [2.45, 2.75) is 6.42 Å². The SMILES string of the molecule is Nc1cccc(Oc2ccccc2-c2ccc(-c3ccc4c(c3-c3ccc(-c5ccccc5Oc5cccc(N)c5)cc3)Cc3ccccc3-4)cc2)c1. The fourth-order valence-corrected chi connectivity index (χ4v) is 7.43. The van der Waals surface area contributed by atoms with Crippen LogP contribution < -0.4 is 20.9 Å². The Morgan fingerprint density at radius 1 is 0.358 bits per heavy atom. The van der Waals surface area contributed by atoms with Gasteiger partial charge in [0.25, 0.3) is 0 Å². The molecule has 0 aromatic heterocycles. The van der Waals surface area contributed by atoms with Crippen LogP contribution in [0.3, 0.4) is 0 Å². The van der Waals surface area contributed by atoms with Crippen molar-refractivity contribution in [1.29, 1.82) is 0 Å². The van der Waals surface area contributed by atoms with Crippen molar-refractivity contribution in [3.63, 3.8) is 0 Å². The number of rotatable bonds is 8. The smallest absolute Gasteiger partial charge is 0.135 e. The van der Waals surface area contributed by atoms with Gasteiger partial charge in [0.15, 0.2) is 0 Å². The van der Waals surface area contributed by atoms with E-state index in [2.05, 4.69) is 97.1 Å². The molecule has 0 bridgehead atoms. The van der Waals surface area contributed by atoms with Gasteiger partial charge in [-0.05, 0) is 98.5 Å². The van der Waals surface area contributed by atoms with Crippen LogP contribution in [-0.2, 0) is 6.42 Å². The van der Waals surface area contributed by atoms with E-state index in [1.807, 2.05) is 84.9 Å². The molecular weight excluding hydrogens is 649 g/mol. The molecule has 4 N–H and O–H groups in total. The van der Waals surface area contributed by atoms with Gasteiger partial charge in [0.2, 0.25) is 0 Å². The molecule has 8 aromatic rings. The zero-order valence-corrected chi connectivity index (χ0v) is 29.0. The normalized spacial score (nSPS) is 11.5. The second-order valence-electron chi connectivity index (χ2n) is 13.3. The fourth-order valence-electron chi connectivity index (χ4n) is 7.43. The van der Waals surface area contributed by atoms with E-state index in [1.54, 1.807) is 0 Å². The molecule has 0 saturated heterocycles. The van der Waals surface area contributed by atoms with Crippen LogP contribution >= 0.6 is 0 Å². The molecule has 0 saturated carbocycles. The van der Waals surface area contributed by atoms with Gasteiger partial charge < -0.3 is 20.9 Å². The highest BCUT2D eigenvalue weighted by molar-refractivity contribution is 5.94. The molecule has 0 amide bonds. The summed E-state index contributed by atoms with van der Waals surface area (Å²) in [6.45, 7) is 0. The highest BCUT2D eigenvalue weighted by atomic mass is 16.5. The van der Waals surface area contributed by atoms with Crippen molar-refractivity contribution in [1.82, 2.24) is 0 Å². The summed E-state index contributed by atoms with van der Waals surface area (Å²) in [5.41, 5.74) is 27.7. The van der Waals surface area contributed by atoms with Gasteiger partial charge in [0.1, 0.15) is 23.0 Å². The maximum Gasteiger partial charge on any atom is 0.135 e. The van der Waals surface area contributed by atoms with E-state index in [4.69, 9.17) is 20.9 Å². The van der Waals surface area contributed by atoms with Gasteiger partial charge in [-0.2, -0.15) is 0 Å². The summed E-state index contributed by atoms with van der Waals surface area (Å²) < 4.78 is 12.6. The maximum absolute atomic E-state index is 6.32. The van der Waals surface area contributed by atoms with Crippen LogP contribution in [0.2, 0.25) is 0 Å². The number of nitrogen functional groups attached to an aromatic ring is 2. The Kier molecular flexibility index (Phi) is 8.18. The molecule has 0 radical (unpaired) electrons. The first kappa shape index (κ1) is 31.9. The van der Waals surface area contributed by atoms with Gasteiger partial charge in [-0.15, -0.1) is 0 Å². The summed E-state index contributed by atoms with van der Waals surface area (Å²) in [5, 5.41) is 0. The molecule has 254 valence electrons. The van der Waals surface area contributed by atoms with Gasteiger partial charge in [-0.3, -0.25) is 0 Å². The van der Waals surface area contributed by atoms with E-state index in [1.165, 1.54) is 38.9 Å². The molecule has 0 fully saturated rings. The van der Waals surface area contributed by atoms with Gasteiger partial charge in [0, 0.05) is 34.6 Å². The number of ether oxygens (including phenoxy) is 2.